The highest BCUT2D eigenvalue weighted by molar-refractivity contribution is 6.36. The Labute approximate surface area is 93.6 Å². The van der Waals surface area contributed by atoms with Gasteiger partial charge < -0.3 is 5.11 Å². The summed E-state index contributed by atoms with van der Waals surface area (Å²) in [5.41, 5.74) is 2.22. The number of fused-ring (bicyclic) bond motifs is 1. The van der Waals surface area contributed by atoms with Crippen LogP contribution in [-0.4, -0.2) is 16.8 Å². The van der Waals surface area contributed by atoms with Crippen LogP contribution < -0.4 is 0 Å². The molecule has 1 aromatic rings. The van der Waals surface area contributed by atoms with Crippen LogP contribution in [0.1, 0.15) is 11.1 Å². The largest absolute Gasteiger partial charge is 0.477 e. The van der Waals surface area contributed by atoms with Crippen molar-refractivity contribution in [3.05, 3.63) is 41.6 Å². The average molecular weight is 224 g/mol. The lowest BCUT2D eigenvalue weighted by Gasteiger charge is -2.02. The van der Waals surface area contributed by atoms with Crippen LogP contribution in [0, 0.1) is 0 Å². The molecule has 3 nitrogen and oxygen atoms in total. The number of benzene rings is 1. The van der Waals surface area contributed by atoms with Gasteiger partial charge in [0.25, 0.3) is 0 Å². The van der Waals surface area contributed by atoms with Crippen LogP contribution in [0.4, 0.5) is 0 Å². The lowest BCUT2D eigenvalue weighted by Crippen LogP contribution is -2.15. The standard InChI is InChI=1S/C11H9NO2.ClH/c13-11(14)10-7-9-4-2-1-3-8(9)5-6-12-10;/h1-6H,7H2,(H,13,14);1H. The second-order valence-electron chi connectivity index (χ2n) is 3.07. The predicted molar refractivity (Wildman–Crippen MR) is 61.5 cm³/mol. The lowest BCUT2D eigenvalue weighted by molar-refractivity contribution is -0.129. The van der Waals surface area contributed by atoms with Crippen molar-refractivity contribution in [1.29, 1.82) is 0 Å². The zero-order chi connectivity index (χ0) is 9.97. The van der Waals surface area contributed by atoms with E-state index in [-0.39, 0.29) is 18.1 Å². The van der Waals surface area contributed by atoms with Gasteiger partial charge in [0.2, 0.25) is 0 Å². The van der Waals surface area contributed by atoms with Gasteiger partial charge in [-0.2, -0.15) is 0 Å². The number of hydrogen-bond donors (Lipinski definition) is 1. The Hall–Kier alpha value is -1.61. The first-order valence-corrected chi connectivity index (χ1v) is 4.32. The summed E-state index contributed by atoms with van der Waals surface area (Å²) in [7, 11) is 0. The van der Waals surface area contributed by atoms with Crippen molar-refractivity contribution in [1.82, 2.24) is 0 Å². The van der Waals surface area contributed by atoms with Gasteiger partial charge in [-0.15, -0.1) is 12.4 Å². The highest BCUT2D eigenvalue weighted by atomic mass is 35.5. The molecule has 0 saturated heterocycles. The first-order chi connectivity index (χ1) is 6.77. The van der Waals surface area contributed by atoms with Gasteiger partial charge in [0.1, 0.15) is 5.71 Å². The Bertz CT molecular complexity index is 438. The smallest absolute Gasteiger partial charge is 0.350 e. The van der Waals surface area contributed by atoms with E-state index in [2.05, 4.69) is 4.99 Å². The Morgan fingerprint density at radius 1 is 1.33 bits per heavy atom. The summed E-state index contributed by atoms with van der Waals surface area (Å²) in [4.78, 5) is 14.6. The van der Waals surface area contributed by atoms with Crippen molar-refractivity contribution in [3.63, 3.8) is 0 Å². The van der Waals surface area contributed by atoms with E-state index in [9.17, 15) is 4.79 Å². The van der Waals surface area contributed by atoms with E-state index in [1.165, 1.54) is 6.20 Å². The van der Waals surface area contributed by atoms with Gasteiger partial charge in [0, 0.05) is 12.6 Å². The van der Waals surface area contributed by atoms with Gasteiger partial charge in [-0.3, -0.25) is 4.99 Å². The number of rotatable bonds is 1. The molecular weight excluding hydrogens is 214 g/mol. The van der Waals surface area contributed by atoms with Crippen LogP contribution in [0.3, 0.4) is 0 Å². The van der Waals surface area contributed by atoms with Crippen molar-refractivity contribution in [2.24, 2.45) is 4.99 Å². The molecule has 1 aliphatic rings. The summed E-state index contributed by atoms with van der Waals surface area (Å²) in [5, 5.41) is 8.82. The van der Waals surface area contributed by atoms with E-state index in [0.29, 0.717) is 6.42 Å². The minimum absolute atomic E-state index is 0. The fourth-order valence-electron chi connectivity index (χ4n) is 1.42. The van der Waals surface area contributed by atoms with Crippen LogP contribution in [0.15, 0.2) is 35.5 Å². The predicted octanol–water partition coefficient (Wildman–Crippen LogP) is 2.16. The topological polar surface area (TPSA) is 49.7 Å². The zero-order valence-electron chi connectivity index (χ0n) is 7.88. The summed E-state index contributed by atoms with van der Waals surface area (Å²) < 4.78 is 0. The molecule has 0 aromatic heterocycles. The molecule has 1 aromatic carbocycles. The molecule has 0 spiro atoms. The Kier molecular flexibility index (Phi) is 3.63. The van der Waals surface area contributed by atoms with Gasteiger partial charge >= 0.3 is 5.97 Å². The van der Waals surface area contributed by atoms with Crippen molar-refractivity contribution in [2.75, 3.05) is 0 Å². The van der Waals surface area contributed by atoms with Crippen molar-refractivity contribution >= 4 is 30.2 Å². The maximum Gasteiger partial charge on any atom is 0.350 e. The molecule has 0 atom stereocenters. The van der Waals surface area contributed by atoms with Crippen LogP contribution in [0.25, 0.3) is 6.08 Å². The number of hydrogen-bond acceptors (Lipinski definition) is 2. The Balaban J connectivity index is 0.00000112. The number of aliphatic carboxylic acids is 1. The second-order valence-corrected chi connectivity index (χ2v) is 3.07. The molecule has 0 unspecified atom stereocenters. The summed E-state index contributed by atoms with van der Waals surface area (Å²) in [6.07, 6.45) is 3.75. The third-order valence-electron chi connectivity index (χ3n) is 2.14. The molecule has 0 saturated carbocycles. The molecule has 0 aliphatic carbocycles. The molecule has 0 bridgehead atoms. The molecule has 1 N–H and O–H groups in total. The maximum atomic E-state index is 10.8. The minimum Gasteiger partial charge on any atom is -0.477 e. The molecular formula is C11H10ClNO2. The van der Waals surface area contributed by atoms with Crippen LogP contribution in [0.2, 0.25) is 0 Å². The SMILES string of the molecule is Cl.O=C(O)C1=NC=Cc2ccccc2C1. The van der Waals surface area contributed by atoms with E-state index >= 15 is 0 Å². The van der Waals surface area contributed by atoms with E-state index in [4.69, 9.17) is 5.11 Å². The fourth-order valence-corrected chi connectivity index (χ4v) is 1.42. The molecule has 2 rings (SSSR count). The minimum atomic E-state index is -0.952. The summed E-state index contributed by atoms with van der Waals surface area (Å²) >= 11 is 0. The van der Waals surface area contributed by atoms with Crippen molar-refractivity contribution < 1.29 is 9.90 Å². The molecule has 0 fully saturated rings. The average Bonchev–Trinajstić information content (AvgIpc) is 2.39. The van der Waals surface area contributed by atoms with Gasteiger partial charge in [-0.25, -0.2) is 4.79 Å². The number of aliphatic imine (C=N–C) groups is 1. The molecule has 1 aliphatic heterocycles. The summed E-state index contributed by atoms with van der Waals surface area (Å²) in [6.45, 7) is 0. The van der Waals surface area contributed by atoms with Gasteiger partial charge in [0.15, 0.2) is 0 Å². The summed E-state index contributed by atoms with van der Waals surface area (Å²) in [6, 6.07) is 7.70. The number of nitrogens with zero attached hydrogens (tertiary/aromatic N) is 1. The van der Waals surface area contributed by atoms with Gasteiger partial charge in [-0.05, 0) is 17.2 Å². The zero-order valence-corrected chi connectivity index (χ0v) is 8.70. The summed E-state index contributed by atoms with van der Waals surface area (Å²) in [5.74, 6) is -0.952. The lowest BCUT2D eigenvalue weighted by atomic mass is 10.0. The molecule has 1 heterocycles. The second kappa shape index (κ2) is 4.75. The molecule has 78 valence electrons. The van der Waals surface area contributed by atoms with Crippen LogP contribution >= 0.6 is 12.4 Å². The van der Waals surface area contributed by atoms with E-state index in [0.717, 1.165) is 11.1 Å². The number of halogens is 1. The first kappa shape index (κ1) is 11.5. The molecule has 0 amide bonds. The van der Waals surface area contributed by atoms with Crippen molar-refractivity contribution in [2.45, 2.75) is 6.42 Å². The maximum absolute atomic E-state index is 10.8. The first-order valence-electron chi connectivity index (χ1n) is 4.32. The van der Waals surface area contributed by atoms with Crippen molar-refractivity contribution in [3.8, 4) is 0 Å². The number of carboxylic acids is 1. The third-order valence-corrected chi connectivity index (χ3v) is 2.14. The van der Waals surface area contributed by atoms with Crippen LogP contribution in [-0.2, 0) is 11.2 Å². The fraction of sp³-hybridized carbons (Fsp3) is 0.0909. The molecule has 0 radical (unpaired) electrons. The molecule has 15 heavy (non-hydrogen) atoms. The third kappa shape index (κ3) is 2.44. The normalized spacial score (nSPS) is 13.2. The molecule has 4 heteroatoms. The van der Waals surface area contributed by atoms with E-state index in [1.54, 1.807) is 0 Å². The number of carbonyl (C=O) groups is 1. The Morgan fingerprint density at radius 3 is 2.80 bits per heavy atom. The monoisotopic (exact) mass is 223 g/mol. The quantitative estimate of drug-likeness (QED) is 0.793. The number of carboxylic acid groups (broad SMARTS) is 1. The highest BCUT2D eigenvalue weighted by Gasteiger charge is 2.12. The van der Waals surface area contributed by atoms with E-state index < -0.39 is 5.97 Å². The van der Waals surface area contributed by atoms with Crippen LogP contribution in [0.5, 0.6) is 0 Å². The van der Waals surface area contributed by atoms with Gasteiger partial charge in [0.05, 0.1) is 0 Å². The van der Waals surface area contributed by atoms with E-state index in [1.807, 2.05) is 30.3 Å². The Morgan fingerprint density at radius 2 is 2.07 bits per heavy atom. The van der Waals surface area contributed by atoms with Gasteiger partial charge in [-0.1, -0.05) is 24.3 Å². The highest BCUT2D eigenvalue weighted by Crippen LogP contribution is 2.15.